The van der Waals surface area contributed by atoms with E-state index >= 15 is 0 Å². The molecule has 1 saturated heterocycles. The minimum atomic E-state index is 0.439. The molecule has 138 valence electrons. The van der Waals surface area contributed by atoms with Crippen molar-refractivity contribution in [2.45, 2.75) is 20.0 Å². The van der Waals surface area contributed by atoms with Crippen LogP contribution in [-0.4, -0.2) is 48.5 Å². The third-order valence-electron chi connectivity index (χ3n) is 4.82. The van der Waals surface area contributed by atoms with Gasteiger partial charge in [0.25, 0.3) is 0 Å². The van der Waals surface area contributed by atoms with Crippen molar-refractivity contribution in [3.8, 4) is 0 Å². The van der Waals surface area contributed by atoms with E-state index in [0.29, 0.717) is 12.5 Å². The molecule has 0 saturated carbocycles. The Hall–Kier alpha value is -2.37. The summed E-state index contributed by atoms with van der Waals surface area (Å²) in [5, 5.41) is 3.10. The van der Waals surface area contributed by atoms with E-state index < -0.39 is 0 Å². The third-order valence-corrected chi connectivity index (χ3v) is 4.82. The number of piperazine rings is 1. The smallest absolute Gasteiger partial charge is 0.193 e. The molecule has 0 aliphatic carbocycles. The summed E-state index contributed by atoms with van der Waals surface area (Å²) in [6.45, 7) is 9.67. The molecule has 0 radical (unpaired) electrons. The van der Waals surface area contributed by atoms with E-state index in [1.165, 1.54) is 24.2 Å². The van der Waals surface area contributed by atoms with Crippen LogP contribution in [-0.2, 0) is 13.1 Å². The van der Waals surface area contributed by atoms with Gasteiger partial charge in [-0.05, 0) is 29.8 Å². The standard InChI is InChI=1S/C21H29N5/c1-2-25-12-14-26(15-13-25)17-19-10-8-18(9-11-19)16-23-21(22)24-20-6-4-3-5-7-20/h3-11H,2,12-17H2,1H3,(H3,22,23,24). The van der Waals surface area contributed by atoms with Crippen LogP contribution in [0.5, 0.6) is 0 Å². The SMILES string of the molecule is CCN1CCN(Cc2ccc(CN=C(N)Nc3ccccc3)cc2)CC1. The summed E-state index contributed by atoms with van der Waals surface area (Å²) in [6.07, 6.45) is 0. The van der Waals surface area contributed by atoms with Gasteiger partial charge < -0.3 is 16.0 Å². The van der Waals surface area contributed by atoms with Crippen molar-refractivity contribution < 1.29 is 0 Å². The summed E-state index contributed by atoms with van der Waals surface area (Å²) in [5.41, 5.74) is 9.44. The Balaban J connectivity index is 1.47. The van der Waals surface area contributed by atoms with E-state index in [0.717, 1.165) is 31.9 Å². The van der Waals surface area contributed by atoms with Crippen LogP contribution >= 0.6 is 0 Å². The third kappa shape index (κ3) is 5.58. The normalized spacial score (nSPS) is 16.6. The Kier molecular flexibility index (Phi) is 6.63. The van der Waals surface area contributed by atoms with Gasteiger partial charge in [-0.15, -0.1) is 0 Å². The topological polar surface area (TPSA) is 56.9 Å². The predicted octanol–water partition coefficient (Wildman–Crippen LogP) is 2.75. The van der Waals surface area contributed by atoms with Crippen molar-refractivity contribution in [3.63, 3.8) is 0 Å². The zero-order valence-corrected chi connectivity index (χ0v) is 15.6. The maximum Gasteiger partial charge on any atom is 0.193 e. The Morgan fingerprint density at radius 1 is 0.923 bits per heavy atom. The second-order valence-electron chi connectivity index (χ2n) is 6.72. The molecule has 2 aromatic rings. The lowest BCUT2D eigenvalue weighted by Crippen LogP contribution is -2.45. The molecule has 1 fully saturated rings. The second-order valence-corrected chi connectivity index (χ2v) is 6.72. The first-order valence-corrected chi connectivity index (χ1v) is 9.37. The molecule has 0 aromatic heterocycles. The predicted molar refractivity (Wildman–Crippen MR) is 109 cm³/mol. The van der Waals surface area contributed by atoms with Gasteiger partial charge in [-0.2, -0.15) is 0 Å². The molecule has 0 unspecified atom stereocenters. The fourth-order valence-corrected chi connectivity index (χ4v) is 3.16. The van der Waals surface area contributed by atoms with Crippen molar-refractivity contribution in [1.29, 1.82) is 0 Å². The van der Waals surface area contributed by atoms with E-state index in [9.17, 15) is 0 Å². The number of benzene rings is 2. The quantitative estimate of drug-likeness (QED) is 0.621. The van der Waals surface area contributed by atoms with Gasteiger partial charge in [0.15, 0.2) is 5.96 Å². The molecule has 3 rings (SSSR count). The lowest BCUT2D eigenvalue weighted by molar-refractivity contribution is 0.132. The maximum atomic E-state index is 5.96. The Morgan fingerprint density at radius 2 is 1.54 bits per heavy atom. The minimum absolute atomic E-state index is 0.439. The molecular formula is C21H29N5. The molecular weight excluding hydrogens is 322 g/mol. The summed E-state index contributed by atoms with van der Waals surface area (Å²) < 4.78 is 0. The molecule has 0 atom stereocenters. The van der Waals surface area contributed by atoms with Crippen molar-refractivity contribution in [2.24, 2.45) is 10.7 Å². The highest BCUT2D eigenvalue weighted by Gasteiger charge is 2.15. The average Bonchev–Trinajstić information content (AvgIpc) is 2.69. The number of para-hydroxylation sites is 1. The van der Waals surface area contributed by atoms with Crippen LogP contribution in [0.15, 0.2) is 59.6 Å². The molecule has 0 spiro atoms. The number of rotatable bonds is 6. The van der Waals surface area contributed by atoms with Crippen LogP contribution in [0, 0.1) is 0 Å². The molecule has 1 aliphatic heterocycles. The van der Waals surface area contributed by atoms with Crippen LogP contribution in [0.25, 0.3) is 0 Å². The largest absolute Gasteiger partial charge is 0.370 e. The second kappa shape index (κ2) is 9.36. The lowest BCUT2D eigenvalue weighted by atomic mass is 10.1. The molecule has 1 aliphatic rings. The van der Waals surface area contributed by atoms with Gasteiger partial charge >= 0.3 is 0 Å². The zero-order chi connectivity index (χ0) is 18.2. The lowest BCUT2D eigenvalue weighted by Gasteiger charge is -2.34. The highest BCUT2D eigenvalue weighted by molar-refractivity contribution is 5.92. The summed E-state index contributed by atoms with van der Waals surface area (Å²) >= 11 is 0. The monoisotopic (exact) mass is 351 g/mol. The van der Waals surface area contributed by atoms with Gasteiger partial charge in [0, 0.05) is 38.4 Å². The van der Waals surface area contributed by atoms with Crippen LogP contribution in [0.4, 0.5) is 5.69 Å². The number of guanidine groups is 1. The first kappa shape index (κ1) is 18.4. The summed E-state index contributed by atoms with van der Waals surface area (Å²) in [5.74, 6) is 0.439. The van der Waals surface area contributed by atoms with E-state index in [1.807, 2.05) is 30.3 Å². The van der Waals surface area contributed by atoms with Gasteiger partial charge in [-0.25, -0.2) is 4.99 Å². The highest BCUT2D eigenvalue weighted by Crippen LogP contribution is 2.11. The summed E-state index contributed by atoms with van der Waals surface area (Å²) in [4.78, 5) is 9.45. The number of nitrogens with zero attached hydrogens (tertiary/aromatic N) is 3. The van der Waals surface area contributed by atoms with Crippen LogP contribution in [0.2, 0.25) is 0 Å². The first-order valence-electron chi connectivity index (χ1n) is 9.37. The van der Waals surface area contributed by atoms with Crippen LogP contribution in [0.3, 0.4) is 0 Å². The molecule has 0 bridgehead atoms. The number of nitrogens with one attached hydrogen (secondary N) is 1. The fourth-order valence-electron chi connectivity index (χ4n) is 3.16. The van der Waals surface area contributed by atoms with Gasteiger partial charge in [0.2, 0.25) is 0 Å². The summed E-state index contributed by atoms with van der Waals surface area (Å²) in [6, 6.07) is 18.6. The number of anilines is 1. The van der Waals surface area contributed by atoms with Crippen LogP contribution in [0.1, 0.15) is 18.1 Å². The summed E-state index contributed by atoms with van der Waals surface area (Å²) in [7, 11) is 0. The molecule has 1 heterocycles. The number of aliphatic imine (C=N–C) groups is 1. The van der Waals surface area contributed by atoms with Gasteiger partial charge in [-0.3, -0.25) is 4.90 Å². The van der Waals surface area contributed by atoms with Gasteiger partial charge in [-0.1, -0.05) is 49.4 Å². The van der Waals surface area contributed by atoms with E-state index in [1.54, 1.807) is 0 Å². The Labute approximate surface area is 156 Å². The van der Waals surface area contributed by atoms with Gasteiger partial charge in [0.1, 0.15) is 0 Å². The van der Waals surface area contributed by atoms with Crippen molar-refractivity contribution >= 4 is 11.6 Å². The van der Waals surface area contributed by atoms with E-state index in [-0.39, 0.29) is 0 Å². The van der Waals surface area contributed by atoms with E-state index in [2.05, 4.69) is 51.3 Å². The van der Waals surface area contributed by atoms with Crippen molar-refractivity contribution in [2.75, 3.05) is 38.0 Å². The van der Waals surface area contributed by atoms with Crippen LogP contribution < -0.4 is 11.1 Å². The first-order chi connectivity index (χ1) is 12.7. The molecule has 0 amide bonds. The fraction of sp³-hybridized carbons (Fsp3) is 0.381. The number of hydrogen-bond donors (Lipinski definition) is 2. The molecule has 3 N–H and O–H groups in total. The highest BCUT2D eigenvalue weighted by atomic mass is 15.3. The molecule has 26 heavy (non-hydrogen) atoms. The van der Waals surface area contributed by atoms with E-state index in [4.69, 9.17) is 5.73 Å². The molecule has 2 aromatic carbocycles. The van der Waals surface area contributed by atoms with Gasteiger partial charge in [0.05, 0.1) is 6.54 Å². The zero-order valence-electron chi connectivity index (χ0n) is 15.6. The average molecular weight is 351 g/mol. The number of hydrogen-bond acceptors (Lipinski definition) is 3. The number of nitrogens with two attached hydrogens (primary N) is 1. The maximum absolute atomic E-state index is 5.96. The minimum Gasteiger partial charge on any atom is -0.370 e. The molecule has 5 nitrogen and oxygen atoms in total. The molecule has 5 heteroatoms. The van der Waals surface area contributed by atoms with Crippen molar-refractivity contribution in [3.05, 3.63) is 65.7 Å². The Bertz CT molecular complexity index is 688. The Morgan fingerprint density at radius 3 is 2.19 bits per heavy atom. The van der Waals surface area contributed by atoms with Crippen molar-refractivity contribution in [1.82, 2.24) is 9.80 Å². The number of likely N-dealkylation sites (N-methyl/N-ethyl adjacent to an activating group) is 1.